The average molecular weight is 350 g/mol. The second kappa shape index (κ2) is 5.82. The number of nitrogens with one attached hydrogen (secondary N) is 1. The van der Waals surface area contributed by atoms with E-state index in [0.717, 1.165) is 26.1 Å². The summed E-state index contributed by atoms with van der Waals surface area (Å²) in [5.41, 5.74) is 7.41. The van der Waals surface area contributed by atoms with Crippen molar-refractivity contribution < 1.29 is 0 Å². The average Bonchev–Trinajstić information content (AvgIpc) is 2.87. The van der Waals surface area contributed by atoms with Crippen molar-refractivity contribution in [1.29, 1.82) is 0 Å². The van der Waals surface area contributed by atoms with Crippen molar-refractivity contribution in [2.45, 2.75) is 0 Å². The number of nitrogens with two attached hydrogens (primary N) is 1. The molecule has 3 N–H and O–H groups in total. The molecule has 0 aromatic carbocycles. The predicted molar refractivity (Wildman–Crippen MR) is 85.9 cm³/mol. The fourth-order valence-electron chi connectivity index (χ4n) is 1.83. The van der Waals surface area contributed by atoms with Gasteiger partial charge in [-0.15, -0.1) is 11.3 Å². The Hall–Kier alpha value is -1.57. The molecule has 0 aliphatic rings. The highest BCUT2D eigenvalue weighted by atomic mass is 79.9. The lowest BCUT2D eigenvalue weighted by Crippen LogP contribution is -2.14. The van der Waals surface area contributed by atoms with Crippen LogP contribution in [0.25, 0.3) is 21.6 Å². The van der Waals surface area contributed by atoms with Crippen LogP contribution in [0.2, 0.25) is 0 Å². The van der Waals surface area contributed by atoms with Crippen LogP contribution in [0.5, 0.6) is 0 Å². The van der Waals surface area contributed by atoms with Gasteiger partial charge in [-0.05, 0) is 28.1 Å². The largest absolute Gasteiger partial charge is 0.367 e. The van der Waals surface area contributed by atoms with Gasteiger partial charge in [-0.25, -0.2) is 9.97 Å². The minimum absolute atomic E-state index is 0.558. The zero-order chi connectivity index (χ0) is 13.9. The molecule has 3 rings (SSSR count). The van der Waals surface area contributed by atoms with E-state index in [9.17, 15) is 0 Å². The molecule has 0 saturated carbocycles. The molecule has 0 fully saturated rings. The summed E-state index contributed by atoms with van der Waals surface area (Å²) in [5.74, 6) is 1.50. The van der Waals surface area contributed by atoms with Crippen LogP contribution in [0, 0.1) is 0 Å². The second-order valence-electron chi connectivity index (χ2n) is 4.11. The normalized spacial score (nSPS) is 10.9. The predicted octanol–water partition coefficient (Wildman–Crippen LogP) is 2.89. The van der Waals surface area contributed by atoms with Crippen LogP contribution >= 0.6 is 27.3 Å². The first-order valence-corrected chi connectivity index (χ1v) is 7.76. The standard InChI is InChI=1S/C13H12BrN5S/c14-9-7-20-11-10(9)18-12(8-1-4-16-5-2-8)19-13(11)17-6-3-15/h1-2,4-5,7H,3,6,15H2,(H,17,18,19). The van der Waals surface area contributed by atoms with Crippen LogP contribution in [0.4, 0.5) is 5.82 Å². The van der Waals surface area contributed by atoms with Crippen molar-refractivity contribution >= 4 is 43.3 Å². The van der Waals surface area contributed by atoms with Gasteiger partial charge >= 0.3 is 0 Å². The first-order valence-electron chi connectivity index (χ1n) is 6.08. The van der Waals surface area contributed by atoms with E-state index in [4.69, 9.17) is 5.73 Å². The molecule has 0 amide bonds. The number of aromatic nitrogens is 3. The summed E-state index contributed by atoms with van der Waals surface area (Å²) in [6, 6.07) is 3.79. The molecule has 3 aromatic heterocycles. The molecule has 3 aromatic rings. The number of fused-ring (bicyclic) bond motifs is 1. The van der Waals surface area contributed by atoms with Gasteiger partial charge in [-0.1, -0.05) is 0 Å². The van der Waals surface area contributed by atoms with Gasteiger partial charge in [0.2, 0.25) is 0 Å². The van der Waals surface area contributed by atoms with Crippen LogP contribution < -0.4 is 11.1 Å². The number of anilines is 1. The molecule has 5 nitrogen and oxygen atoms in total. The number of thiophene rings is 1. The number of nitrogens with zero attached hydrogens (tertiary/aromatic N) is 3. The van der Waals surface area contributed by atoms with Gasteiger partial charge in [0.05, 0.1) is 9.17 Å². The molecule has 7 heteroatoms. The third-order valence-corrected chi connectivity index (χ3v) is 4.63. The molecule has 0 unspecified atom stereocenters. The first kappa shape index (κ1) is 13.4. The van der Waals surface area contributed by atoms with Gasteiger partial charge in [-0.2, -0.15) is 0 Å². The SMILES string of the molecule is NCCNc1nc(-c2ccncc2)nc2c(Br)csc12. The van der Waals surface area contributed by atoms with Crippen LogP contribution in [0.1, 0.15) is 0 Å². The third-order valence-electron chi connectivity index (χ3n) is 2.75. The first-order chi connectivity index (χ1) is 9.79. The summed E-state index contributed by atoms with van der Waals surface area (Å²) in [6.07, 6.45) is 3.47. The summed E-state index contributed by atoms with van der Waals surface area (Å²) >= 11 is 5.14. The zero-order valence-electron chi connectivity index (χ0n) is 10.5. The highest BCUT2D eigenvalue weighted by Gasteiger charge is 2.13. The second-order valence-corrected chi connectivity index (χ2v) is 5.84. The number of pyridine rings is 1. The highest BCUT2D eigenvalue weighted by molar-refractivity contribution is 9.10. The van der Waals surface area contributed by atoms with Crippen LogP contribution in [-0.2, 0) is 0 Å². The minimum atomic E-state index is 0.558. The quantitative estimate of drug-likeness (QED) is 0.757. The lowest BCUT2D eigenvalue weighted by Gasteiger charge is -2.08. The fourth-order valence-corrected chi connectivity index (χ4v) is 3.36. The number of rotatable bonds is 4. The van der Waals surface area contributed by atoms with E-state index in [-0.39, 0.29) is 0 Å². The Morgan fingerprint density at radius 3 is 2.80 bits per heavy atom. The van der Waals surface area contributed by atoms with Crippen molar-refractivity contribution in [2.24, 2.45) is 5.73 Å². The lowest BCUT2D eigenvalue weighted by atomic mass is 10.2. The van der Waals surface area contributed by atoms with E-state index < -0.39 is 0 Å². The molecule has 102 valence electrons. The minimum Gasteiger partial charge on any atom is -0.367 e. The summed E-state index contributed by atoms with van der Waals surface area (Å²) in [4.78, 5) is 13.3. The molecular weight excluding hydrogens is 338 g/mol. The zero-order valence-corrected chi connectivity index (χ0v) is 12.9. The summed E-state index contributed by atoms with van der Waals surface area (Å²) in [5, 5.41) is 5.28. The van der Waals surface area contributed by atoms with Gasteiger partial charge < -0.3 is 11.1 Å². The van der Waals surface area contributed by atoms with E-state index in [1.54, 1.807) is 23.7 Å². The number of hydrogen-bond donors (Lipinski definition) is 2. The third kappa shape index (κ3) is 2.52. The topological polar surface area (TPSA) is 76.7 Å². The molecule has 0 spiro atoms. The van der Waals surface area contributed by atoms with E-state index in [2.05, 4.69) is 36.2 Å². The molecule has 0 radical (unpaired) electrons. The summed E-state index contributed by atoms with van der Waals surface area (Å²) < 4.78 is 2.01. The molecule has 0 aliphatic heterocycles. The smallest absolute Gasteiger partial charge is 0.162 e. The van der Waals surface area contributed by atoms with Crippen LogP contribution in [-0.4, -0.2) is 28.0 Å². The molecular formula is C13H12BrN5S. The van der Waals surface area contributed by atoms with E-state index >= 15 is 0 Å². The monoisotopic (exact) mass is 349 g/mol. The molecule has 0 bridgehead atoms. The van der Waals surface area contributed by atoms with Crippen molar-refractivity contribution in [3.05, 3.63) is 34.4 Å². The van der Waals surface area contributed by atoms with E-state index in [1.165, 1.54) is 0 Å². The van der Waals surface area contributed by atoms with Crippen molar-refractivity contribution in [1.82, 2.24) is 15.0 Å². The van der Waals surface area contributed by atoms with Gasteiger partial charge in [0.25, 0.3) is 0 Å². The van der Waals surface area contributed by atoms with Crippen LogP contribution in [0.15, 0.2) is 34.4 Å². The van der Waals surface area contributed by atoms with Gasteiger partial charge in [-0.3, -0.25) is 4.98 Å². The summed E-state index contributed by atoms with van der Waals surface area (Å²) in [7, 11) is 0. The van der Waals surface area contributed by atoms with E-state index in [0.29, 0.717) is 18.9 Å². The molecule has 0 atom stereocenters. The molecule has 20 heavy (non-hydrogen) atoms. The van der Waals surface area contributed by atoms with Gasteiger partial charge in [0, 0.05) is 36.4 Å². The molecule has 3 heterocycles. The Balaban J connectivity index is 2.16. The van der Waals surface area contributed by atoms with Crippen molar-refractivity contribution in [2.75, 3.05) is 18.4 Å². The Morgan fingerprint density at radius 1 is 1.25 bits per heavy atom. The van der Waals surface area contributed by atoms with Crippen LogP contribution in [0.3, 0.4) is 0 Å². The highest BCUT2D eigenvalue weighted by Crippen LogP contribution is 2.34. The fraction of sp³-hybridized carbons (Fsp3) is 0.154. The van der Waals surface area contributed by atoms with E-state index in [1.807, 2.05) is 17.5 Å². The maximum atomic E-state index is 5.55. The van der Waals surface area contributed by atoms with Gasteiger partial charge in [0.15, 0.2) is 5.82 Å². The maximum Gasteiger partial charge on any atom is 0.162 e. The molecule has 0 saturated heterocycles. The Morgan fingerprint density at radius 2 is 2.05 bits per heavy atom. The number of hydrogen-bond acceptors (Lipinski definition) is 6. The Labute approximate surface area is 128 Å². The Kier molecular flexibility index (Phi) is 3.90. The molecule has 0 aliphatic carbocycles. The van der Waals surface area contributed by atoms with Gasteiger partial charge in [0.1, 0.15) is 11.3 Å². The maximum absolute atomic E-state index is 5.55. The Bertz CT molecular complexity index is 728. The van der Waals surface area contributed by atoms with Crippen molar-refractivity contribution in [3.8, 4) is 11.4 Å². The summed E-state index contributed by atoms with van der Waals surface area (Å²) in [6.45, 7) is 1.24. The lowest BCUT2D eigenvalue weighted by molar-refractivity contribution is 1.01. The number of halogens is 1. The van der Waals surface area contributed by atoms with Crippen molar-refractivity contribution in [3.63, 3.8) is 0 Å².